The average Bonchev–Trinajstić information content (AvgIpc) is 2.60. The van der Waals surface area contributed by atoms with E-state index in [1.807, 2.05) is 37.3 Å². The van der Waals surface area contributed by atoms with Crippen molar-refractivity contribution >= 4 is 16.0 Å². The van der Waals surface area contributed by atoms with Crippen LogP contribution in [0.15, 0.2) is 65.7 Å². The molecule has 0 saturated heterocycles. The van der Waals surface area contributed by atoms with Crippen LogP contribution >= 0.6 is 0 Å². The third-order valence-corrected chi connectivity index (χ3v) is 5.27. The molecule has 0 atom stereocenters. The molecule has 6 nitrogen and oxygen atoms in total. The summed E-state index contributed by atoms with van der Waals surface area (Å²) >= 11 is 0. The van der Waals surface area contributed by atoms with Gasteiger partial charge < -0.3 is 5.73 Å². The molecule has 3 N–H and O–H groups in total. The SMILES string of the molecule is Cc1cccc(CNS(=O)(=O)c2cccc(Cc3ccnc(N)n3)c2)c1. The van der Waals surface area contributed by atoms with E-state index in [0.717, 1.165) is 22.4 Å². The van der Waals surface area contributed by atoms with Crippen LogP contribution in [0, 0.1) is 6.92 Å². The highest BCUT2D eigenvalue weighted by molar-refractivity contribution is 7.89. The smallest absolute Gasteiger partial charge is 0.240 e. The maximum atomic E-state index is 12.6. The highest BCUT2D eigenvalue weighted by atomic mass is 32.2. The van der Waals surface area contributed by atoms with Crippen LogP contribution in [-0.2, 0) is 23.0 Å². The summed E-state index contributed by atoms with van der Waals surface area (Å²) in [5.74, 6) is 0.200. The number of aryl methyl sites for hydroxylation is 1. The molecule has 0 bridgehead atoms. The van der Waals surface area contributed by atoms with Gasteiger partial charge in [-0.1, -0.05) is 42.0 Å². The van der Waals surface area contributed by atoms with Crippen molar-refractivity contribution < 1.29 is 8.42 Å². The molecule has 1 heterocycles. The summed E-state index contributed by atoms with van der Waals surface area (Å²) in [7, 11) is -3.60. The number of aromatic nitrogens is 2. The van der Waals surface area contributed by atoms with Gasteiger partial charge in [0, 0.05) is 19.2 Å². The van der Waals surface area contributed by atoms with Gasteiger partial charge in [-0.2, -0.15) is 0 Å². The first-order chi connectivity index (χ1) is 12.4. The van der Waals surface area contributed by atoms with E-state index in [-0.39, 0.29) is 17.4 Å². The Morgan fingerprint density at radius 3 is 2.58 bits per heavy atom. The molecule has 0 aliphatic carbocycles. The fourth-order valence-corrected chi connectivity index (χ4v) is 3.71. The molecule has 0 saturated carbocycles. The Balaban J connectivity index is 1.75. The minimum Gasteiger partial charge on any atom is -0.368 e. The normalized spacial score (nSPS) is 11.4. The van der Waals surface area contributed by atoms with Gasteiger partial charge in [0.25, 0.3) is 0 Å². The standard InChI is InChI=1S/C19H20N4O2S/c1-14-4-2-6-16(10-14)13-22-26(24,25)18-7-3-5-15(12-18)11-17-8-9-21-19(20)23-17/h2-10,12,22H,11,13H2,1H3,(H2,20,21,23). The molecule has 0 radical (unpaired) electrons. The Hall–Kier alpha value is -2.77. The van der Waals surface area contributed by atoms with E-state index in [1.165, 1.54) is 0 Å². The van der Waals surface area contributed by atoms with Gasteiger partial charge in [-0.05, 0) is 36.2 Å². The van der Waals surface area contributed by atoms with Gasteiger partial charge in [0.2, 0.25) is 16.0 Å². The van der Waals surface area contributed by atoms with Crippen molar-refractivity contribution in [2.24, 2.45) is 0 Å². The van der Waals surface area contributed by atoms with Crippen LogP contribution in [0.1, 0.15) is 22.4 Å². The Morgan fingerprint density at radius 2 is 1.81 bits per heavy atom. The maximum Gasteiger partial charge on any atom is 0.240 e. The number of nitrogens with one attached hydrogen (secondary N) is 1. The van der Waals surface area contributed by atoms with E-state index < -0.39 is 10.0 Å². The number of nitrogens with zero attached hydrogens (tertiary/aromatic N) is 2. The molecule has 0 aliphatic heterocycles. The third kappa shape index (κ3) is 4.65. The Labute approximate surface area is 153 Å². The monoisotopic (exact) mass is 368 g/mol. The molecule has 0 aliphatic rings. The first-order valence-corrected chi connectivity index (χ1v) is 9.62. The number of nitrogen functional groups attached to an aromatic ring is 1. The second-order valence-corrected chi connectivity index (χ2v) is 7.81. The number of benzene rings is 2. The van der Waals surface area contributed by atoms with Crippen LogP contribution < -0.4 is 10.5 Å². The highest BCUT2D eigenvalue weighted by Crippen LogP contribution is 2.15. The minimum atomic E-state index is -3.60. The lowest BCUT2D eigenvalue weighted by Crippen LogP contribution is -2.23. The van der Waals surface area contributed by atoms with E-state index in [9.17, 15) is 8.42 Å². The zero-order valence-corrected chi connectivity index (χ0v) is 15.2. The molecular weight excluding hydrogens is 348 g/mol. The number of hydrogen-bond acceptors (Lipinski definition) is 5. The van der Waals surface area contributed by atoms with Crippen molar-refractivity contribution in [3.8, 4) is 0 Å². The first-order valence-electron chi connectivity index (χ1n) is 8.14. The largest absolute Gasteiger partial charge is 0.368 e. The predicted molar refractivity (Wildman–Crippen MR) is 101 cm³/mol. The van der Waals surface area contributed by atoms with E-state index in [0.29, 0.717) is 6.42 Å². The van der Waals surface area contributed by atoms with E-state index >= 15 is 0 Å². The van der Waals surface area contributed by atoms with Crippen molar-refractivity contribution in [3.05, 3.63) is 83.2 Å². The number of anilines is 1. The molecular formula is C19H20N4O2S. The van der Waals surface area contributed by atoms with Crippen molar-refractivity contribution in [2.75, 3.05) is 5.73 Å². The summed E-state index contributed by atoms with van der Waals surface area (Å²) < 4.78 is 27.8. The second-order valence-electron chi connectivity index (χ2n) is 6.04. The quantitative estimate of drug-likeness (QED) is 0.696. The lowest BCUT2D eigenvalue weighted by atomic mass is 10.1. The average molecular weight is 368 g/mol. The second kappa shape index (κ2) is 7.63. The van der Waals surface area contributed by atoms with Crippen LogP contribution in [0.3, 0.4) is 0 Å². The van der Waals surface area contributed by atoms with Gasteiger partial charge in [0.05, 0.1) is 10.6 Å². The fourth-order valence-electron chi connectivity index (χ4n) is 2.63. The topological polar surface area (TPSA) is 98.0 Å². The van der Waals surface area contributed by atoms with E-state index in [4.69, 9.17) is 5.73 Å². The van der Waals surface area contributed by atoms with Gasteiger partial charge in [0.15, 0.2) is 0 Å². The summed E-state index contributed by atoms with van der Waals surface area (Å²) in [6, 6.07) is 16.3. The minimum absolute atomic E-state index is 0.200. The number of sulfonamides is 1. The summed E-state index contributed by atoms with van der Waals surface area (Å²) in [5, 5.41) is 0. The van der Waals surface area contributed by atoms with Crippen LogP contribution in [0.5, 0.6) is 0 Å². The highest BCUT2D eigenvalue weighted by Gasteiger charge is 2.14. The number of rotatable bonds is 6. The summed E-state index contributed by atoms with van der Waals surface area (Å²) in [6.07, 6.45) is 2.07. The molecule has 1 aromatic heterocycles. The van der Waals surface area contributed by atoms with Crippen molar-refractivity contribution in [2.45, 2.75) is 24.8 Å². The molecule has 2 aromatic carbocycles. The first kappa shape index (κ1) is 18.0. The van der Waals surface area contributed by atoms with Gasteiger partial charge >= 0.3 is 0 Å². The molecule has 0 fully saturated rings. The molecule has 134 valence electrons. The van der Waals surface area contributed by atoms with Gasteiger partial charge in [0.1, 0.15) is 0 Å². The van der Waals surface area contributed by atoms with Crippen LogP contribution in [0.2, 0.25) is 0 Å². The van der Waals surface area contributed by atoms with Crippen molar-refractivity contribution in [1.82, 2.24) is 14.7 Å². The lowest BCUT2D eigenvalue weighted by Gasteiger charge is -2.09. The number of hydrogen-bond donors (Lipinski definition) is 2. The molecule has 0 amide bonds. The number of nitrogens with two attached hydrogens (primary N) is 1. The molecule has 0 spiro atoms. The molecule has 7 heteroatoms. The predicted octanol–water partition coefficient (Wildman–Crippen LogP) is 2.44. The van der Waals surface area contributed by atoms with E-state index in [1.54, 1.807) is 30.5 Å². The molecule has 3 rings (SSSR count). The molecule has 0 unspecified atom stereocenters. The Kier molecular flexibility index (Phi) is 5.29. The van der Waals surface area contributed by atoms with Crippen LogP contribution in [0.25, 0.3) is 0 Å². The van der Waals surface area contributed by atoms with Crippen LogP contribution in [-0.4, -0.2) is 18.4 Å². The lowest BCUT2D eigenvalue weighted by molar-refractivity contribution is 0.581. The Morgan fingerprint density at radius 1 is 1.04 bits per heavy atom. The van der Waals surface area contributed by atoms with E-state index in [2.05, 4.69) is 14.7 Å². The van der Waals surface area contributed by atoms with Crippen molar-refractivity contribution in [3.63, 3.8) is 0 Å². The van der Waals surface area contributed by atoms with Gasteiger partial charge in [-0.3, -0.25) is 0 Å². The zero-order valence-electron chi connectivity index (χ0n) is 14.4. The maximum absolute atomic E-state index is 12.6. The van der Waals surface area contributed by atoms with Crippen LogP contribution in [0.4, 0.5) is 5.95 Å². The van der Waals surface area contributed by atoms with Crippen molar-refractivity contribution in [1.29, 1.82) is 0 Å². The molecule has 26 heavy (non-hydrogen) atoms. The summed E-state index contributed by atoms with van der Waals surface area (Å²) in [6.45, 7) is 2.22. The van der Waals surface area contributed by atoms with Gasteiger partial charge in [-0.15, -0.1) is 0 Å². The zero-order chi connectivity index (χ0) is 18.6. The Bertz CT molecular complexity index is 1020. The third-order valence-electron chi connectivity index (χ3n) is 3.87. The summed E-state index contributed by atoms with van der Waals surface area (Å²) in [5.41, 5.74) is 9.17. The summed E-state index contributed by atoms with van der Waals surface area (Å²) in [4.78, 5) is 8.23. The molecule has 3 aromatic rings. The van der Waals surface area contributed by atoms with Gasteiger partial charge in [-0.25, -0.2) is 23.1 Å². The fraction of sp³-hybridized carbons (Fsp3) is 0.158.